The normalized spacial score (nSPS) is 11.1. The first kappa shape index (κ1) is 19.5. The number of aromatic amines is 1. The van der Waals surface area contributed by atoms with Gasteiger partial charge in [-0.05, 0) is 56.3 Å². The van der Waals surface area contributed by atoms with E-state index in [9.17, 15) is 13.6 Å². The van der Waals surface area contributed by atoms with E-state index in [0.717, 1.165) is 28.8 Å². The molecule has 6 nitrogen and oxygen atoms in total. The van der Waals surface area contributed by atoms with Gasteiger partial charge in [-0.25, -0.2) is 13.8 Å². The lowest BCUT2D eigenvalue weighted by Crippen LogP contribution is -2.13. The van der Waals surface area contributed by atoms with Gasteiger partial charge in [0.2, 0.25) is 0 Å². The van der Waals surface area contributed by atoms with Gasteiger partial charge in [-0.3, -0.25) is 9.89 Å². The number of pyridine rings is 1. The van der Waals surface area contributed by atoms with Crippen molar-refractivity contribution in [2.24, 2.45) is 0 Å². The largest absolute Gasteiger partial charge is 0.491 e. The number of amides is 1. The second kappa shape index (κ2) is 7.90. The van der Waals surface area contributed by atoms with Gasteiger partial charge in [0.25, 0.3) is 5.91 Å². The fraction of sp³-hybridized carbons (Fsp3) is 0.136. The first-order valence-corrected chi connectivity index (χ1v) is 9.28. The summed E-state index contributed by atoms with van der Waals surface area (Å²) < 4.78 is 32.5. The van der Waals surface area contributed by atoms with Gasteiger partial charge in [0.1, 0.15) is 28.9 Å². The predicted molar refractivity (Wildman–Crippen MR) is 109 cm³/mol. The Bertz CT molecular complexity index is 1220. The quantitative estimate of drug-likeness (QED) is 0.490. The molecule has 0 unspecified atom stereocenters. The molecule has 4 aromatic rings. The summed E-state index contributed by atoms with van der Waals surface area (Å²) in [7, 11) is 0. The fourth-order valence-corrected chi connectivity index (χ4v) is 3.08. The van der Waals surface area contributed by atoms with Gasteiger partial charge in [-0.1, -0.05) is 0 Å². The van der Waals surface area contributed by atoms with Crippen LogP contribution in [0.3, 0.4) is 0 Å². The number of carbonyl (C=O) groups excluding carboxylic acids is 1. The number of rotatable bonds is 5. The Morgan fingerprint density at radius 2 is 1.83 bits per heavy atom. The van der Waals surface area contributed by atoms with Crippen LogP contribution in [0.5, 0.6) is 5.75 Å². The van der Waals surface area contributed by atoms with Gasteiger partial charge >= 0.3 is 0 Å². The lowest BCUT2D eigenvalue weighted by Gasteiger charge is -2.09. The molecular formula is C22H18F2N4O2. The summed E-state index contributed by atoms with van der Waals surface area (Å²) in [5.74, 6) is -1.38. The molecule has 0 atom stereocenters. The van der Waals surface area contributed by atoms with Crippen LogP contribution in [-0.4, -0.2) is 27.2 Å². The van der Waals surface area contributed by atoms with Crippen molar-refractivity contribution in [1.29, 1.82) is 0 Å². The highest BCUT2D eigenvalue weighted by molar-refractivity contribution is 6.04. The van der Waals surface area contributed by atoms with E-state index in [-0.39, 0.29) is 17.5 Å². The topological polar surface area (TPSA) is 79.9 Å². The number of hydrogen-bond donors (Lipinski definition) is 2. The standard InChI is InChI=1S/C22H18F2N4O2/c1-12(2)30-17-3-4-19-18(11-17)21(28-27-19)13-5-6-25-20(9-13)26-22(29)14-7-15(23)10-16(24)8-14/h3-12H,1-2H3,(H,27,28)(H,25,26,29). The summed E-state index contributed by atoms with van der Waals surface area (Å²) in [5, 5.41) is 10.7. The second-order valence-corrected chi connectivity index (χ2v) is 6.99. The highest BCUT2D eigenvalue weighted by Gasteiger charge is 2.14. The molecule has 2 heterocycles. The zero-order valence-electron chi connectivity index (χ0n) is 16.2. The molecule has 30 heavy (non-hydrogen) atoms. The van der Waals surface area contributed by atoms with Crippen LogP contribution < -0.4 is 10.1 Å². The number of benzene rings is 2. The van der Waals surface area contributed by atoms with Gasteiger partial charge in [0, 0.05) is 28.8 Å². The summed E-state index contributed by atoms with van der Waals surface area (Å²) in [6.45, 7) is 3.89. The van der Waals surface area contributed by atoms with E-state index < -0.39 is 17.5 Å². The van der Waals surface area contributed by atoms with Crippen LogP contribution in [0.15, 0.2) is 54.7 Å². The van der Waals surface area contributed by atoms with Gasteiger partial charge < -0.3 is 10.1 Å². The third-order valence-corrected chi connectivity index (χ3v) is 4.31. The molecule has 0 saturated carbocycles. The van der Waals surface area contributed by atoms with Crippen molar-refractivity contribution in [1.82, 2.24) is 15.2 Å². The van der Waals surface area contributed by atoms with E-state index in [1.165, 1.54) is 6.20 Å². The molecule has 0 saturated heterocycles. The van der Waals surface area contributed by atoms with Crippen molar-refractivity contribution in [3.05, 3.63) is 71.9 Å². The second-order valence-electron chi connectivity index (χ2n) is 6.99. The lowest BCUT2D eigenvalue weighted by molar-refractivity contribution is 0.102. The van der Waals surface area contributed by atoms with Gasteiger partial charge in [0.05, 0.1) is 11.6 Å². The van der Waals surface area contributed by atoms with Crippen molar-refractivity contribution in [3.63, 3.8) is 0 Å². The molecule has 0 fully saturated rings. The molecule has 0 spiro atoms. The summed E-state index contributed by atoms with van der Waals surface area (Å²) in [6, 6.07) is 11.6. The summed E-state index contributed by atoms with van der Waals surface area (Å²) in [4.78, 5) is 16.5. The Labute approximate surface area is 170 Å². The van der Waals surface area contributed by atoms with Crippen molar-refractivity contribution in [3.8, 4) is 17.0 Å². The third kappa shape index (κ3) is 4.12. The highest BCUT2D eigenvalue weighted by atomic mass is 19.1. The smallest absolute Gasteiger partial charge is 0.257 e. The Morgan fingerprint density at radius 3 is 2.57 bits per heavy atom. The van der Waals surface area contributed by atoms with E-state index in [0.29, 0.717) is 17.3 Å². The van der Waals surface area contributed by atoms with Gasteiger partial charge in [-0.2, -0.15) is 5.10 Å². The van der Waals surface area contributed by atoms with Crippen molar-refractivity contribution < 1.29 is 18.3 Å². The van der Waals surface area contributed by atoms with Crippen LogP contribution in [0.1, 0.15) is 24.2 Å². The minimum absolute atomic E-state index is 0.0354. The van der Waals surface area contributed by atoms with Crippen LogP contribution >= 0.6 is 0 Å². The van der Waals surface area contributed by atoms with Crippen LogP contribution in [0.25, 0.3) is 22.2 Å². The summed E-state index contributed by atoms with van der Waals surface area (Å²) in [6.07, 6.45) is 1.56. The average molecular weight is 408 g/mol. The maximum absolute atomic E-state index is 13.4. The Morgan fingerprint density at radius 1 is 1.07 bits per heavy atom. The first-order valence-electron chi connectivity index (χ1n) is 9.28. The van der Waals surface area contributed by atoms with Gasteiger partial charge in [-0.15, -0.1) is 0 Å². The Kier molecular flexibility index (Phi) is 5.14. The molecule has 0 aliphatic heterocycles. The van der Waals surface area contributed by atoms with Crippen molar-refractivity contribution >= 4 is 22.6 Å². The summed E-state index contributed by atoms with van der Waals surface area (Å²) in [5.41, 5.74) is 2.06. The molecule has 0 aliphatic rings. The fourth-order valence-electron chi connectivity index (χ4n) is 3.08. The number of fused-ring (bicyclic) bond motifs is 1. The number of nitrogens with zero attached hydrogens (tertiary/aromatic N) is 2. The summed E-state index contributed by atoms with van der Waals surface area (Å²) >= 11 is 0. The van der Waals surface area contributed by atoms with Gasteiger partial charge in [0.15, 0.2) is 0 Å². The van der Waals surface area contributed by atoms with E-state index in [1.807, 2.05) is 32.0 Å². The van der Waals surface area contributed by atoms with E-state index in [2.05, 4.69) is 20.5 Å². The molecule has 4 rings (SSSR count). The third-order valence-electron chi connectivity index (χ3n) is 4.31. The number of ether oxygens (including phenoxy) is 1. The SMILES string of the molecule is CC(C)Oc1ccc2[nH]nc(-c3ccnc(NC(=O)c4cc(F)cc(F)c4)c3)c2c1. The van der Waals surface area contributed by atoms with E-state index in [1.54, 1.807) is 12.1 Å². The lowest BCUT2D eigenvalue weighted by atomic mass is 10.1. The van der Waals surface area contributed by atoms with Crippen LogP contribution in [-0.2, 0) is 0 Å². The Hall–Kier alpha value is -3.81. The molecule has 1 amide bonds. The van der Waals surface area contributed by atoms with E-state index in [4.69, 9.17) is 4.74 Å². The molecule has 2 aromatic heterocycles. The molecule has 0 aliphatic carbocycles. The zero-order valence-corrected chi connectivity index (χ0v) is 16.2. The molecule has 0 radical (unpaired) electrons. The van der Waals surface area contributed by atoms with Crippen molar-refractivity contribution in [2.45, 2.75) is 20.0 Å². The molecule has 2 aromatic carbocycles. The molecule has 0 bridgehead atoms. The van der Waals surface area contributed by atoms with Crippen LogP contribution in [0, 0.1) is 11.6 Å². The van der Waals surface area contributed by atoms with Crippen LogP contribution in [0.2, 0.25) is 0 Å². The zero-order chi connectivity index (χ0) is 21.3. The maximum Gasteiger partial charge on any atom is 0.257 e. The maximum atomic E-state index is 13.4. The number of aromatic nitrogens is 3. The van der Waals surface area contributed by atoms with E-state index >= 15 is 0 Å². The highest BCUT2D eigenvalue weighted by Crippen LogP contribution is 2.30. The minimum atomic E-state index is -0.829. The number of hydrogen-bond acceptors (Lipinski definition) is 4. The number of H-pyrrole nitrogens is 1. The average Bonchev–Trinajstić information content (AvgIpc) is 3.10. The van der Waals surface area contributed by atoms with Crippen molar-refractivity contribution in [2.75, 3.05) is 5.32 Å². The van der Waals surface area contributed by atoms with Crippen LogP contribution in [0.4, 0.5) is 14.6 Å². The Balaban J connectivity index is 1.64. The minimum Gasteiger partial charge on any atom is -0.491 e. The first-order chi connectivity index (χ1) is 14.4. The monoisotopic (exact) mass is 408 g/mol. The number of halogens is 2. The number of anilines is 1. The number of nitrogens with one attached hydrogen (secondary N) is 2. The molecule has 2 N–H and O–H groups in total. The predicted octanol–water partition coefficient (Wildman–Crippen LogP) is 4.94. The molecule has 8 heteroatoms. The molecule has 152 valence electrons. The number of carbonyl (C=O) groups is 1. The molecular weight excluding hydrogens is 390 g/mol.